The lowest BCUT2D eigenvalue weighted by molar-refractivity contribution is -0.140. The zero-order valence-corrected chi connectivity index (χ0v) is 10.3. The third-order valence-corrected chi connectivity index (χ3v) is 3.22. The fraction of sp³-hybridized carbons (Fsp3) is 0.429. The number of amides is 1. The van der Waals surface area contributed by atoms with Gasteiger partial charge in [0, 0.05) is 6.04 Å². The highest BCUT2D eigenvalue weighted by atomic mass is 16.4. The third-order valence-electron chi connectivity index (χ3n) is 3.22. The molecule has 4 nitrogen and oxygen atoms in total. The Bertz CT molecular complexity index is 444. The number of carboxylic acids is 1. The van der Waals surface area contributed by atoms with Crippen molar-refractivity contribution in [3.8, 4) is 0 Å². The van der Waals surface area contributed by atoms with Crippen molar-refractivity contribution >= 4 is 11.9 Å². The van der Waals surface area contributed by atoms with E-state index in [0.29, 0.717) is 6.42 Å². The molecule has 1 aliphatic rings. The first-order valence-corrected chi connectivity index (χ1v) is 6.15. The van der Waals surface area contributed by atoms with Gasteiger partial charge in [0.05, 0.1) is 11.8 Å². The highest BCUT2D eigenvalue weighted by molar-refractivity contribution is 5.89. The summed E-state index contributed by atoms with van der Waals surface area (Å²) in [7, 11) is 0. The van der Waals surface area contributed by atoms with Gasteiger partial charge in [-0.2, -0.15) is 0 Å². The Morgan fingerprint density at radius 1 is 1.33 bits per heavy atom. The lowest BCUT2D eigenvalue weighted by atomic mass is 10.1. The van der Waals surface area contributed by atoms with Gasteiger partial charge < -0.3 is 10.4 Å². The zero-order valence-electron chi connectivity index (χ0n) is 10.3. The standard InChI is InChI=1S/C14H17NO3/c1-9(7-10-5-3-2-4-6-10)15-13(16)11-8-12(11)14(17)18/h2-6,9,11-12H,7-8H2,1H3,(H,15,16)(H,17,18)/t9?,11-,12+/m1/s1. The first kappa shape index (κ1) is 12.6. The molecule has 1 fully saturated rings. The summed E-state index contributed by atoms with van der Waals surface area (Å²) in [6, 6.07) is 9.93. The van der Waals surface area contributed by atoms with Gasteiger partial charge in [0.25, 0.3) is 0 Å². The van der Waals surface area contributed by atoms with Gasteiger partial charge >= 0.3 is 5.97 Å². The Morgan fingerprint density at radius 3 is 2.56 bits per heavy atom. The highest BCUT2D eigenvalue weighted by Crippen LogP contribution is 2.38. The van der Waals surface area contributed by atoms with E-state index in [1.807, 2.05) is 37.3 Å². The smallest absolute Gasteiger partial charge is 0.307 e. The van der Waals surface area contributed by atoms with Crippen LogP contribution in [0.5, 0.6) is 0 Å². The second kappa shape index (κ2) is 5.21. The van der Waals surface area contributed by atoms with Crippen molar-refractivity contribution in [2.24, 2.45) is 11.8 Å². The predicted molar refractivity (Wildman–Crippen MR) is 67.0 cm³/mol. The normalized spacial score (nSPS) is 23.2. The van der Waals surface area contributed by atoms with Gasteiger partial charge in [0.2, 0.25) is 5.91 Å². The Hall–Kier alpha value is -1.84. The van der Waals surface area contributed by atoms with E-state index in [-0.39, 0.29) is 17.9 Å². The van der Waals surface area contributed by atoms with Crippen molar-refractivity contribution in [3.63, 3.8) is 0 Å². The summed E-state index contributed by atoms with van der Waals surface area (Å²) in [5.41, 5.74) is 1.16. The largest absolute Gasteiger partial charge is 0.481 e. The van der Waals surface area contributed by atoms with Crippen LogP contribution in [0, 0.1) is 11.8 Å². The maximum absolute atomic E-state index is 11.7. The molecule has 1 unspecified atom stereocenters. The van der Waals surface area contributed by atoms with Crippen LogP contribution in [0.3, 0.4) is 0 Å². The molecular formula is C14H17NO3. The first-order chi connectivity index (χ1) is 8.58. The van der Waals surface area contributed by atoms with E-state index in [0.717, 1.165) is 12.0 Å². The average molecular weight is 247 g/mol. The minimum atomic E-state index is -0.870. The predicted octanol–water partition coefficient (Wildman–Crippen LogP) is 1.45. The van der Waals surface area contributed by atoms with Gasteiger partial charge in [-0.25, -0.2) is 0 Å². The minimum Gasteiger partial charge on any atom is -0.481 e. The Labute approximate surface area is 106 Å². The number of rotatable bonds is 5. The lowest BCUT2D eigenvalue weighted by Crippen LogP contribution is -2.35. The molecule has 2 N–H and O–H groups in total. The topological polar surface area (TPSA) is 66.4 Å². The molecule has 0 radical (unpaired) electrons. The number of benzene rings is 1. The monoisotopic (exact) mass is 247 g/mol. The molecule has 0 aromatic heterocycles. The quantitative estimate of drug-likeness (QED) is 0.827. The van der Waals surface area contributed by atoms with Crippen LogP contribution < -0.4 is 5.32 Å². The number of aliphatic carboxylic acids is 1. The molecule has 96 valence electrons. The van der Waals surface area contributed by atoms with Crippen LogP contribution in [0.4, 0.5) is 0 Å². The molecule has 4 heteroatoms. The SMILES string of the molecule is CC(Cc1ccccc1)NC(=O)[C@@H]1C[C@@H]1C(=O)O. The molecule has 1 aromatic rings. The number of nitrogens with one attached hydrogen (secondary N) is 1. The Kier molecular flexibility index (Phi) is 3.65. The van der Waals surface area contributed by atoms with E-state index in [1.165, 1.54) is 0 Å². The maximum atomic E-state index is 11.7. The van der Waals surface area contributed by atoms with Crippen molar-refractivity contribution in [1.29, 1.82) is 0 Å². The summed E-state index contributed by atoms with van der Waals surface area (Å²) in [5, 5.41) is 11.6. The maximum Gasteiger partial charge on any atom is 0.307 e. The summed E-state index contributed by atoms with van der Waals surface area (Å²) < 4.78 is 0. The van der Waals surface area contributed by atoms with Gasteiger partial charge in [-0.05, 0) is 25.3 Å². The van der Waals surface area contributed by atoms with Gasteiger partial charge in [0.15, 0.2) is 0 Å². The van der Waals surface area contributed by atoms with Crippen LogP contribution >= 0.6 is 0 Å². The van der Waals surface area contributed by atoms with Crippen LogP contribution in [0.1, 0.15) is 18.9 Å². The zero-order chi connectivity index (χ0) is 13.1. The lowest BCUT2D eigenvalue weighted by Gasteiger charge is -2.13. The summed E-state index contributed by atoms with van der Waals surface area (Å²) in [6.45, 7) is 1.93. The number of carbonyl (C=O) groups is 2. The van der Waals surface area contributed by atoms with Crippen molar-refractivity contribution < 1.29 is 14.7 Å². The fourth-order valence-electron chi connectivity index (χ4n) is 2.13. The molecule has 1 aliphatic carbocycles. The molecule has 1 amide bonds. The van der Waals surface area contributed by atoms with E-state index in [9.17, 15) is 9.59 Å². The van der Waals surface area contributed by atoms with Crippen LogP contribution in [0.15, 0.2) is 30.3 Å². The van der Waals surface area contributed by atoms with Crippen molar-refractivity contribution in [2.75, 3.05) is 0 Å². The van der Waals surface area contributed by atoms with Crippen LogP contribution in [0.2, 0.25) is 0 Å². The first-order valence-electron chi connectivity index (χ1n) is 6.15. The van der Waals surface area contributed by atoms with Gasteiger partial charge in [-0.15, -0.1) is 0 Å². The van der Waals surface area contributed by atoms with E-state index in [2.05, 4.69) is 5.32 Å². The van der Waals surface area contributed by atoms with Crippen LogP contribution in [0.25, 0.3) is 0 Å². The third kappa shape index (κ3) is 3.09. The van der Waals surface area contributed by atoms with Crippen LogP contribution in [-0.4, -0.2) is 23.0 Å². The van der Waals surface area contributed by atoms with E-state index >= 15 is 0 Å². The average Bonchev–Trinajstić information content (AvgIpc) is 3.09. The van der Waals surface area contributed by atoms with Crippen LogP contribution in [-0.2, 0) is 16.0 Å². The molecule has 0 saturated heterocycles. The fourth-order valence-corrected chi connectivity index (χ4v) is 2.13. The number of hydrogen-bond donors (Lipinski definition) is 2. The van der Waals surface area contributed by atoms with Crippen molar-refractivity contribution in [2.45, 2.75) is 25.8 Å². The van der Waals surface area contributed by atoms with Crippen molar-refractivity contribution in [3.05, 3.63) is 35.9 Å². The van der Waals surface area contributed by atoms with E-state index < -0.39 is 11.9 Å². The second-order valence-corrected chi connectivity index (χ2v) is 4.89. The summed E-state index contributed by atoms with van der Waals surface area (Å²) >= 11 is 0. The van der Waals surface area contributed by atoms with Gasteiger partial charge in [-0.3, -0.25) is 9.59 Å². The molecule has 18 heavy (non-hydrogen) atoms. The molecule has 1 saturated carbocycles. The Morgan fingerprint density at radius 2 is 2.00 bits per heavy atom. The second-order valence-electron chi connectivity index (χ2n) is 4.89. The number of carbonyl (C=O) groups excluding carboxylic acids is 1. The molecule has 0 aliphatic heterocycles. The summed E-state index contributed by atoms with van der Waals surface area (Å²) in [6.07, 6.45) is 1.23. The van der Waals surface area contributed by atoms with Crippen molar-refractivity contribution in [1.82, 2.24) is 5.32 Å². The Balaban J connectivity index is 1.80. The van der Waals surface area contributed by atoms with E-state index in [4.69, 9.17) is 5.11 Å². The molecule has 0 bridgehead atoms. The summed E-state index contributed by atoms with van der Waals surface area (Å²) in [5.74, 6) is -1.81. The highest BCUT2D eigenvalue weighted by Gasteiger charge is 2.48. The molecule has 1 aromatic carbocycles. The number of hydrogen-bond acceptors (Lipinski definition) is 2. The molecule has 3 atom stereocenters. The minimum absolute atomic E-state index is 0.0231. The molecule has 0 heterocycles. The van der Waals surface area contributed by atoms with E-state index in [1.54, 1.807) is 0 Å². The molecule has 2 rings (SSSR count). The number of carboxylic acid groups (broad SMARTS) is 1. The molecule has 0 spiro atoms. The molecular weight excluding hydrogens is 230 g/mol. The van der Waals surface area contributed by atoms with Gasteiger partial charge in [-0.1, -0.05) is 30.3 Å². The van der Waals surface area contributed by atoms with Gasteiger partial charge in [0.1, 0.15) is 0 Å². The summed E-state index contributed by atoms with van der Waals surface area (Å²) in [4.78, 5) is 22.4.